The van der Waals surface area contributed by atoms with E-state index >= 15 is 0 Å². The van der Waals surface area contributed by atoms with Crippen molar-refractivity contribution in [3.63, 3.8) is 0 Å². The molecule has 1 fully saturated rings. The number of hydrogen-bond donors (Lipinski definition) is 2. The minimum absolute atomic E-state index is 0.0115. The van der Waals surface area contributed by atoms with E-state index in [4.69, 9.17) is 5.73 Å². The zero-order valence-electron chi connectivity index (χ0n) is 13.2. The Hall–Kier alpha value is -1.10. The molecule has 1 aliphatic heterocycles. The van der Waals surface area contributed by atoms with Gasteiger partial charge in [-0.15, -0.1) is 0 Å². The minimum atomic E-state index is -0.548. The molecule has 0 saturated carbocycles. The molecule has 3 N–H and O–H groups in total. The van der Waals surface area contributed by atoms with Gasteiger partial charge in [0.2, 0.25) is 11.8 Å². The average molecular weight is 283 g/mol. The van der Waals surface area contributed by atoms with E-state index in [-0.39, 0.29) is 24.3 Å². The fourth-order valence-corrected chi connectivity index (χ4v) is 2.64. The van der Waals surface area contributed by atoms with Gasteiger partial charge in [0.1, 0.15) is 0 Å². The van der Waals surface area contributed by atoms with Gasteiger partial charge in [0.15, 0.2) is 0 Å². The lowest BCUT2D eigenvalue weighted by Gasteiger charge is -2.26. The highest BCUT2D eigenvalue weighted by molar-refractivity contribution is 5.87. The van der Waals surface area contributed by atoms with E-state index in [1.165, 1.54) is 0 Å². The van der Waals surface area contributed by atoms with Gasteiger partial charge in [-0.1, -0.05) is 27.7 Å². The molecule has 0 aromatic rings. The van der Waals surface area contributed by atoms with E-state index in [1.54, 1.807) is 0 Å². The summed E-state index contributed by atoms with van der Waals surface area (Å²) in [5.74, 6) is 0.424. The van der Waals surface area contributed by atoms with E-state index in [0.717, 1.165) is 25.8 Å². The fraction of sp³-hybridized carbons (Fsp3) is 0.867. The Morgan fingerprint density at radius 1 is 1.30 bits per heavy atom. The zero-order chi connectivity index (χ0) is 15.3. The van der Waals surface area contributed by atoms with Crippen molar-refractivity contribution in [3.05, 3.63) is 0 Å². The molecule has 0 spiro atoms. The van der Waals surface area contributed by atoms with Gasteiger partial charge in [0, 0.05) is 12.6 Å². The average Bonchev–Trinajstić information content (AvgIpc) is 2.81. The van der Waals surface area contributed by atoms with Crippen molar-refractivity contribution in [2.75, 3.05) is 13.1 Å². The smallest absolute Gasteiger partial charge is 0.242 e. The zero-order valence-corrected chi connectivity index (χ0v) is 13.2. The van der Waals surface area contributed by atoms with E-state index in [0.29, 0.717) is 12.0 Å². The number of likely N-dealkylation sites (tertiary alicyclic amines) is 1. The van der Waals surface area contributed by atoms with Crippen LogP contribution in [0.25, 0.3) is 0 Å². The number of amides is 2. The van der Waals surface area contributed by atoms with Crippen molar-refractivity contribution < 1.29 is 9.59 Å². The summed E-state index contributed by atoms with van der Waals surface area (Å²) in [6, 6.07) is -0.217. The van der Waals surface area contributed by atoms with Crippen molar-refractivity contribution in [1.82, 2.24) is 10.2 Å². The first-order chi connectivity index (χ1) is 9.32. The number of nitrogens with zero attached hydrogens (tertiary/aromatic N) is 1. The molecular formula is C15H29N3O2. The lowest BCUT2D eigenvalue weighted by molar-refractivity contribution is -0.134. The molecule has 0 radical (unpaired) electrons. The first-order valence-corrected chi connectivity index (χ1v) is 7.65. The lowest BCUT2D eigenvalue weighted by Crippen LogP contribution is -2.48. The minimum Gasteiger partial charge on any atom is -0.346 e. The Balaban J connectivity index is 2.44. The number of nitrogens with one attached hydrogen (secondary N) is 1. The number of hydrogen-bond acceptors (Lipinski definition) is 3. The summed E-state index contributed by atoms with van der Waals surface area (Å²) in [6.45, 7) is 9.00. The summed E-state index contributed by atoms with van der Waals surface area (Å²) in [5.41, 5.74) is 5.76. The van der Waals surface area contributed by atoms with Gasteiger partial charge < -0.3 is 16.0 Å². The largest absolute Gasteiger partial charge is 0.346 e. The predicted molar refractivity (Wildman–Crippen MR) is 80.0 cm³/mol. The molecule has 1 aliphatic rings. The van der Waals surface area contributed by atoms with Crippen LogP contribution in [0, 0.1) is 11.8 Å². The van der Waals surface area contributed by atoms with Crippen molar-refractivity contribution in [3.8, 4) is 0 Å². The number of carbonyl (C=O) groups is 2. The summed E-state index contributed by atoms with van der Waals surface area (Å²) in [7, 11) is 0. The second kappa shape index (κ2) is 7.62. The standard InChI is InChI=1S/C15H29N3O2/c1-10(2)8-12-6-5-7-18(12)13(19)9-17-15(20)14(16)11(3)4/h10-12,14H,5-9,16H2,1-4H3,(H,17,20)/t12?,14-/m0/s1. The summed E-state index contributed by atoms with van der Waals surface area (Å²) < 4.78 is 0. The van der Waals surface area contributed by atoms with Gasteiger partial charge in [-0.25, -0.2) is 0 Å². The molecular weight excluding hydrogens is 254 g/mol. The topological polar surface area (TPSA) is 75.4 Å². The van der Waals surface area contributed by atoms with Crippen LogP contribution in [0.15, 0.2) is 0 Å². The van der Waals surface area contributed by atoms with Crippen molar-refractivity contribution >= 4 is 11.8 Å². The van der Waals surface area contributed by atoms with Gasteiger partial charge in [-0.05, 0) is 31.1 Å². The highest BCUT2D eigenvalue weighted by Crippen LogP contribution is 2.23. The van der Waals surface area contributed by atoms with Crippen LogP contribution >= 0.6 is 0 Å². The highest BCUT2D eigenvalue weighted by Gasteiger charge is 2.29. The summed E-state index contributed by atoms with van der Waals surface area (Å²) in [4.78, 5) is 25.9. The third-order valence-corrected chi connectivity index (χ3v) is 3.88. The molecule has 5 nitrogen and oxygen atoms in total. The monoisotopic (exact) mass is 283 g/mol. The molecule has 1 heterocycles. The van der Waals surface area contributed by atoms with Crippen LogP contribution < -0.4 is 11.1 Å². The fourth-order valence-electron chi connectivity index (χ4n) is 2.64. The highest BCUT2D eigenvalue weighted by atomic mass is 16.2. The summed E-state index contributed by atoms with van der Waals surface area (Å²) >= 11 is 0. The second-order valence-corrected chi connectivity index (χ2v) is 6.50. The van der Waals surface area contributed by atoms with E-state index in [9.17, 15) is 9.59 Å². The summed E-state index contributed by atoms with van der Waals surface area (Å²) in [6.07, 6.45) is 3.16. The normalized spacial score (nSPS) is 20.6. The van der Waals surface area contributed by atoms with Crippen LogP contribution in [0.2, 0.25) is 0 Å². The van der Waals surface area contributed by atoms with Crippen LogP contribution in [0.3, 0.4) is 0 Å². The second-order valence-electron chi connectivity index (χ2n) is 6.50. The van der Waals surface area contributed by atoms with Crippen LogP contribution in [0.5, 0.6) is 0 Å². The number of carbonyl (C=O) groups excluding carboxylic acids is 2. The maximum atomic E-state index is 12.2. The molecule has 2 atom stereocenters. The molecule has 20 heavy (non-hydrogen) atoms. The van der Waals surface area contributed by atoms with Gasteiger partial charge in [-0.3, -0.25) is 9.59 Å². The first kappa shape index (κ1) is 17.0. The maximum Gasteiger partial charge on any atom is 0.242 e. The Morgan fingerprint density at radius 2 is 1.95 bits per heavy atom. The molecule has 116 valence electrons. The molecule has 1 rings (SSSR count). The predicted octanol–water partition coefficient (Wildman–Crippen LogP) is 1.12. The molecule has 5 heteroatoms. The quantitative estimate of drug-likeness (QED) is 0.767. The van der Waals surface area contributed by atoms with Crippen LogP contribution in [0.1, 0.15) is 47.0 Å². The van der Waals surface area contributed by atoms with Crippen LogP contribution in [-0.4, -0.2) is 41.9 Å². The Kier molecular flexibility index (Phi) is 6.46. The van der Waals surface area contributed by atoms with E-state index in [2.05, 4.69) is 19.2 Å². The Morgan fingerprint density at radius 3 is 2.50 bits per heavy atom. The van der Waals surface area contributed by atoms with Gasteiger partial charge in [0.05, 0.1) is 12.6 Å². The Labute approximate surface area is 122 Å². The lowest BCUT2D eigenvalue weighted by atomic mass is 10.0. The van der Waals surface area contributed by atoms with Crippen molar-refractivity contribution in [2.45, 2.75) is 59.0 Å². The number of rotatable bonds is 6. The molecule has 1 saturated heterocycles. The van der Waals surface area contributed by atoms with Crippen LogP contribution in [0.4, 0.5) is 0 Å². The van der Waals surface area contributed by atoms with Crippen molar-refractivity contribution in [1.29, 1.82) is 0 Å². The molecule has 0 bridgehead atoms. The van der Waals surface area contributed by atoms with Gasteiger partial charge >= 0.3 is 0 Å². The van der Waals surface area contributed by atoms with Gasteiger partial charge in [0.25, 0.3) is 0 Å². The first-order valence-electron chi connectivity index (χ1n) is 7.65. The van der Waals surface area contributed by atoms with E-state index < -0.39 is 6.04 Å². The Bertz CT molecular complexity index is 342. The molecule has 0 aromatic carbocycles. The molecule has 2 amide bonds. The molecule has 1 unspecified atom stereocenters. The maximum absolute atomic E-state index is 12.2. The third-order valence-electron chi connectivity index (χ3n) is 3.88. The SMILES string of the molecule is CC(C)CC1CCCN1C(=O)CNC(=O)[C@@H](N)C(C)C. The van der Waals surface area contributed by atoms with Crippen molar-refractivity contribution in [2.24, 2.45) is 17.6 Å². The van der Waals surface area contributed by atoms with E-state index in [1.807, 2.05) is 18.7 Å². The summed E-state index contributed by atoms with van der Waals surface area (Å²) in [5, 5.41) is 2.66. The van der Waals surface area contributed by atoms with Crippen LogP contribution in [-0.2, 0) is 9.59 Å². The van der Waals surface area contributed by atoms with Gasteiger partial charge in [-0.2, -0.15) is 0 Å². The third kappa shape index (κ3) is 4.78. The molecule has 0 aliphatic carbocycles. The molecule has 0 aromatic heterocycles. The number of nitrogens with two attached hydrogens (primary N) is 1.